The summed E-state index contributed by atoms with van der Waals surface area (Å²) in [4.78, 5) is 5.35. The Morgan fingerprint density at radius 3 is 0.950 bits per heavy atom. The Bertz CT molecular complexity index is 516. The minimum atomic E-state index is 0.640. The summed E-state index contributed by atoms with van der Waals surface area (Å²) in [5.41, 5.74) is 0. The van der Waals surface area contributed by atoms with E-state index in [1.807, 2.05) is 0 Å². The molecule has 2 nitrogen and oxygen atoms in total. The van der Waals surface area contributed by atoms with Crippen LogP contribution in [0.25, 0.3) is 0 Å². The van der Waals surface area contributed by atoms with Crippen molar-refractivity contribution < 1.29 is 0 Å². The molecule has 0 aromatic carbocycles. The van der Waals surface area contributed by atoms with Crippen LogP contribution in [0.5, 0.6) is 0 Å². The van der Waals surface area contributed by atoms with Crippen molar-refractivity contribution >= 4 is 0 Å². The number of hydrogen-bond donors (Lipinski definition) is 0. The lowest BCUT2D eigenvalue weighted by molar-refractivity contribution is 0.136. The van der Waals surface area contributed by atoms with Crippen molar-refractivity contribution in [2.45, 2.75) is 220 Å². The third-order valence-corrected chi connectivity index (χ3v) is 9.32. The molecule has 0 amide bonds. The van der Waals surface area contributed by atoms with Gasteiger partial charge in [-0.15, -0.1) is 0 Å². The van der Waals surface area contributed by atoms with E-state index in [9.17, 15) is 0 Å². The fourth-order valence-corrected chi connectivity index (χ4v) is 6.51. The second-order valence-electron chi connectivity index (χ2n) is 13.2. The topological polar surface area (TPSA) is 6.48 Å². The lowest BCUT2D eigenvalue weighted by Crippen LogP contribution is -2.39. The van der Waals surface area contributed by atoms with Crippen LogP contribution >= 0.6 is 0 Å². The van der Waals surface area contributed by atoms with Gasteiger partial charge in [0.2, 0.25) is 0 Å². The van der Waals surface area contributed by atoms with Crippen LogP contribution in [-0.4, -0.2) is 29.1 Å². The maximum atomic E-state index is 2.69. The van der Waals surface area contributed by atoms with Crippen molar-refractivity contribution in [1.29, 1.82) is 0 Å². The molecule has 1 heterocycles. The number of nitrogens with zero attached hydrogens (tertiary/aromatic N) is 2. The Morgan fingerprint density at radius 1 is 0.325 bits per heavy atom. The molecule has 1 atom stereocenters. The molecule has 40 heavy (non-hydrogen) atoms. The second-order valence-corrected chi connectivity index (χ2v) is 13.2. The van der Waals surface area contributed by atoms with Crippen molar-refractivity contribution in [1.82, 2.24) is 9.80 Å². The van der Waals surface area contributed by atoms with Gasteiger partial charge < -0.3 is 9.80 Å². The molecule has 0 fully saturated rings. The molecule has 1 aliphatic rings. The Balaban J connectivity index is 2.02. The van der Waals surface area contributed by atoms with Gasteiger partial charge in [0.1, 0.15) is 6.17 Å². The Labute approximate surface area is 254 Å². The summed E-state index contributed by atoms with van der Waals surface area (Å²) < 4.78 is 0. The van der Waals surface area contributed by atoms with Crippen LogP contribution in [-0.2, 0) is 0 Å². The predicted molar refractivity (Wildman–Crippen MR) is 182 cm³/mol. The zero-order valence-electron chi connectivity index (χ0n) is 28.3. The zero-order chi connectivity index (χ0) is 28.8. The van der Waals surface area contributed by atoms with Crippen LogP contribution in [0.1, 0.15) is 213 Å². The first-order chi connectivity index (χ1) is 19.8. The monoisotopic (exact) mass is 561 g/mol. The minimum Gasteiger partial charge on any atom is -0.356 e. The molecule has 0 saturated heterocycles. The van der Waals surface area contributed by atoms with Gasteiger partial charge in [-0.2, -0.15) is 0 Å². The van der Waals surface area contributed by atoms with Crippen molar-refractivity contribution in [3.8, 4) is 0 Å². The lowest BCUT2D eigenvalue weighted by atomic mass is 10.0. The van der Waals surface area contributed by atoms with Gasteiger partial charge in [0.25, 0.3) is 0 Å². The second kappa shape index (κ2) is 29.8. The molecule has 0 spiro atoms. The van der Waals surface area contributed by atoms with E-state index >= 15 is 0 Å². The molecule has 1 aliphatic heterocycles. The molecular weight excluding hydrogens is 484 g/mol. The first-order valence-electron chi connectivity index (χ1n) is 19.0. The minimum absolute atomic E-state index is 0.640. The summed E-state index contributed by atoms with van der Waals surface area (Å²) in [6.45, 7) is 9.45. The maximum Gasteiger partial charge on any atom is 0.101 e. The van der Waals surface area contributed by atoms with E-state index in [-0.39, 0.29) is 0 Å². The highest BCUT2D eigenvalue weighted by Gasteiger charge is 2.24. The van der Waals surface area contributed by atoms with E-state index in [1.165, 1.54) is 206 Å². The van der Waals surface area contributed by atoms with E-state index in [0.29, 0.717) is 6.17 Å². The molecule has 0 aromatic heterocycles. The average molecular weight is 561 g/mol. The summed E-state index contributed by atoms with van der Waals surface area (Å²) >= 11 is 0. The van der Waals surface area contributed by atoms with Crippen molar-refractivity contribution in [2.24, 2.45) is 0 Å². The molecular formula is C38H76N2. The summed E-state index contributed by atoms with van der Waals surface area (Å²) in [6.07, 6.45) is 48.5. The molecule has 1 unspecified atom stereocenters. The molecule has 0 saturated carbocycles. The first kappa shape index (κ1) is 37.4. The highest BCUT2D eigenvalue weighted by molar-refractivity contribution is 4.96. The average Bonchev–Trinajstić information content (AvgIpc) is 3.35. The third-order valence-electron chi connectivity index (χ3n) is 9.32. The Hall–Kier alpha value is -0.660. The lowest BCUT2D eigenvalue weighted by Gasteiger charge is -2.33. The van der Waals surface area contributed by atoms with Gasteiger partial charge in [-0.1, -0.05) is 188 Å². The van der Waals surface area contributed by atoms with Gasteiger partial charge in [0.05, 0.1) is 0 Å². The van der Waals surface area contributed by atoms with Gasteiger partial charge in [-0.25, -0.2) is 0 Å². The molecule has 0 radical (unpaired) electrons. The summed E-state index contributed by atoms with van der Waals surface area (Å²) in [5, 5.41) is 0. The normalized spacial score (nSPS) is 15.1. The van der Waals surface area contributed by atoms with Gasteiger partial charge in [-0.3, -0.25) is 0 Å². The fourth-order valence-electron chi connectivity index (χ4n) is 6.51. The Morgan fingerprint density at radius 2 is 0.600 bits per heavy atom. The molecule has 2 heteroatoms. The van der Waals surface area contributed by atoms with E-state index in [2.05, 4.69) is 43.0 Å². The SMILES string of the molecule is CCCCCCCCCCCCCCCCCCN1C=CN(CCCC)C1CCCCCCCCCCCCC. The van der Waals surface area contributed by atoms with Crippen LogP contribution in [0.15, 0.2) is 12.4 Å². The van der Waals surface area contributed by atoms with Gasteiger partial charge in [0.15, 0.2) is 0 Å². The van der Waals surface area contributed by atoms with Crippen molar-refractivity contribution in [3.05, 3.63) is 12.4 Å². The largest absolute Gasteiger partial charge is 0.356 e. The smallest absolute Gasteiger partial charge is 0.101 e. The Kier molecular flexibility index (Phi) is 27.9. The van der Waals surface area contributed by atoms with Gasteiger partial charge >= 0.3 is 0 Å². The fraction of sp³-hybridized carbons (Fsp3) is 0.947. The summed E-state index contributed by atoms with van der Waals surface area (Å²) in [5.74, 6) is 0. The van der Waals surface area contributed by atoms with Crippen LogP contribution in [0.2, 0.25) is 0 Å². The zero-order valence-corrected chi connectivity index (χ0v) is 28.3. The number of hydrogen-bond acceptors (Lipinski definition) is 2. The number of unbranched alkanes of at least 4 members (excludes halogenated alkanes) is 26. The maximum absolute atomic E-state index is 2.69. The molecule has 0 aliphatic carbocycles. The van der Waals surface area contributed by atoms with Crippen LogP contribution in [0.3, 0.4) is 0 Å². The van der Waals surface area contributed by atoms with E-state index in [0.717, 1.165) is 0 Å². The van der Waals surface area contributed by atoms with Crippen LogP contribution in [0.4, 0.5) is 0 Å². The van der Waals surface area contributed by atoms with Crippen LogP contribution in [0, 0.1) is 0 Å². The molecule has 0 aromatic rings. The van der Waals surface area contributed by atoms with E-state index in [4.69, 9.17) is 0 Å². The predicted octanol–water partition coefficient (Wildman–Crippen LogP) is 13.2. The summed E-state index contributed by atoms with van der Waals surface area (Å²) in [6, 6.07) is 0. The third kappa shape index (κ3) is 22.0. The van der Waals surface area contributed by atoms with E-state index < -0.39 is 0 Å². The van der Waals surface area contributed by atoms with Gasteiger partial charge in [0, 0.05) is 25.5 Å². The van der Waals surface area contributed by atoms with Gasteiger partial charge in [-0.05, 0) is 25.7 Å². The first-order valence-corrected chi connectivity index (χ1v) is 19.0. The van der Waals surface area contributed by atoms with Crippen molar-refractivity contribution in [2.75, 3.05) is 13.1 Å². The number of rotatable bonds is 32. The van der Waals surface area contributed by atoms with Crippen LogP contribution < -0.4 is 0 Å². The van der Waals surface area contributed by atoms with E-state index in [1.54, 1.807) is 0 Å². The molecule has 1 rings (SSSR count). The summed E-state index contributed by atoms with van der Waals surface area (Å²) in [7, 11) is 0. The highest BCUT2D eigenvalue weighted by atomic mass is 15.4. The molecule has 0 bridgehead atoms. The highest BCUT2D eigenvalue weighted by Crippen LogP contribution is 2.24. The van der Waals surface area contributed by atoms with Crippen molar-refractivity contribution in [3.63, 3.8) is 0 Å². The molecule has 0 N–H and O–H groups in total. The quantitative estimate of drug-likeness (QED) is 0.0755. The molecule has 238 valence electrons. The standard InChI is InChI=1S/C38H76N2/c1-4-7-10-12-14-16-18-19-20-21-22-24-26-28-30-32-35-40-37-36-39(34-9-6-3)38(40)33-31-29-27-25-23-17-15-13-11-8-5-2/h36-38H,4-35H2,1-3H3.